The summed E-state index contributed by atoms with van der Waals surface area (Å²) in [6.07, 6.45) is 5.14. The predicted octanol–water partition coefficient (Wildman–Crippen LogP) is 3.58. The summed E-state index contributed by atoms with van der Waals surface area (Å²) in [5.41, 5.74) is 1.38. The van der Waals surface area contributed by atoms with Gasteiger partial charge in [0.25, 0.3) is 17.5 Å². The first-order chi connectivity index (χ1) is 17.9. The molecule has 2 fully saturated rings. The molecular formula is C27H31N5O5. The number of non-ortho nitro benzene ring substituents is 1. The Balaban J connectivity index is 1.56. The highest BCUT2D eigenvalue weighted by molar-refractivity contribution is 6.12. The van der Waals surface area contributed by atoms with Gasteiger partial charge in [-0.2, -0.15) is 0 Å². The first-order valence-corrected chi connectivity index (χ1v) is 12.9. The average molecular weight is 506 g/mol. The molecule has 5 rings (SSSR count). The standard InChI is InChI=1S/C27H31N5O5/c33-25-17-24(18-5-2-1-3-6-18)31(27(35)19-7-4-8-21(15-19)32(36)37)23-10-9-20(16-22(23)29-25)26(34)30-13-11-28-12-14-30/h4,7-10,15-16,18,24,28H,1-3,5-6,11-14,17H2,(H,29,33). The average Bonchev–Trinajstić information content (AvgIpc) is 3.08. The molecule has 2 aromatic rings. The molecule has 1 saturated carbocycles. The third-order valence-electron chi connectivity index (χ3n) is 7.62. The molecular weight excluding hydrogens is 474 g/mol. The fraction of sp³-hybridized carbons (Fsp3) is 0.444. The van der Waals surface area contributed by atoms with Crippen molar-refractivity contribution < 1.29 is 19.3 Å². The van der Waals surface area contributed by atoms with Crippen molar-refractivity contribution >= 4 is 34.8 Å². The number of fused-ring (bicyclic) bond motifs is 1. The first kappa shape index (κ1) is 24.9. The molecule has 10 heteroatoms. The van der Waals surface area contributed by atoms with Gasteiger partial charge in [0, 0.05) is 61.9 Å². The lowest BCUT2D eigenvalue weighted by Gasteiger charge is -2.37. The number of anilines is 2. The summed E-state index contributed by atoms with van der Waals surface area (Å²) in [5.74, 6) is -0.588. The molecule has 0 spiro atoms. The smallest absolute Gasteiger partial charge is 0.270 e. The van der Waals surface area contributed by atoms with E-state index in [4.69, 9.17) is 0 Å². The predicted molar refractivity (Wildman–Crippen MR) is 139 cm³/mol. The van der Waals surface area contributed by atoms with Crippen LogP contribution in [0.1, 0.15) is 59.2 Å². The third kappa shape index (κ3) is 5.20. The van der Waals surface area contributed by atoms with Crippen molar-refractivity contribution in [2.75, 3.05) is 36.4 Å². The Morgan fingerprint density at radius 3 is 2.41 bits per heavy atom. The molecule has 0 radical (unpaired) electrons. The summed E-state index contributed by atoms with van der Waals surface area (Å²) in [7, 11) is 0. The molecule has 1 saturated heterocycles. The van der Waals surface area contributed by atoms with E-state index in [0.717, 1.165) is 45.2 Å². The van der Waals surface area contributed by atoms with Crippen LogP contribution in [0, 0.1) is 16.0 Å². The SMILES string of the molecule is O=C1CC(C2CCCCC2)N(C(=O)c2cccc([N+](=O)[O-])c2)c2ccc(C(=O)N3CCNCC3)cc2N1. The Kier molecular flexibility index (Phi) is 7.18. The zero-order chi connectivity index (χ0) is 25.9. The molecule has 2 heterocycles. The fourth-order valence-electron chi connectivity index (χ4n) is 5.74. The van der Waals surface area contributed by atoms with E-state index in [9.17, 15) is 24.5 Å². The molecule has 3 aliphatic rings. The summed E-state index contributed by atoms with van der Waals surface area (Å²) >= 11 is 0. The minimum absolute atomic E-state index is 0.122. The van der Waals surface area contributed by atoms with Crippen LogP contribution in [0.2, 0.25) is 0 Å². The lowest BCUT2D eigenvalue weighted by Crippen LogP contribution is -2.46. The van der Waals surface area contributed by atoms with Crippen LogP contribution in [0.15, 0.2) is 42.5 Å². The van der Waals surface area contributed by atoms with Gasteiger partial charge >= 0.3 is 0 Å². The van der Waals surface area contributed by atoms with Gasteiger partial charge in [0.1, 0.15) is 0 Å². The van der Waals surface area contributed by atoms with Gasteiger partial charge in [0.05, 0.1) is 16.3 Å². The quantitative estimate of drug-likeness (QED) is 0.483. The van der Waals surface area contributed by atoms with E-state index in [1.165, 1.54) is 18.2 Å². The molecule has 37 heavy (non-hydrogen) atoms. The van der Waals surface area contributed by atoms with Crippen LogP contribution in [0.5, 0.6) is 0 Å². The van der Waals surface area contributed by atoms with E-state index >= 15 is 0 Å². The van der Waals surface area contributed by atoms with Crippen molar-refractivity contribution in [3.8, 4) is 0 Å². The van der Waals surface area contributed by atoms with E-state index in [1.807, 2.05) is 0 Å². The Bertz CT molecular complexity index is 1220. The summed E-state index contributed by atoms with van der Waals surface area (Å²) in [4.78, 5) is 54.5. The largest absolute Gasteiger partial charge is 0.336 e. The lowest BCUT2D eigenvalue weighted by molar-refractivity contribution is -0.384. The number of carbonyl (C=O) groups is 3. The van der Waals surface area contributed by atoms with Crippen molar-refractivity contribution in [2.45, 2.75) is 44.6 Å². The van der Waals surface area contributed by atoms with Crippen LogP contribution in [0.25, 0.3) is 0 Å². The van der Waals surface area contributed by atoms with Gasteiger partial charge in [0.15, 0.2) is 0 Å². The molecule has 3 amide bonds. The summed E-state index contributed by atoms with van der Waals surface area (Å²) in [6.45, 7) is 2.65. The Morgan fingerprint density at radius 2 is 1.68 bits per heavy atom. The van der Waals surface area contributed by atoms with Gasteiger partial charge in [0.2, 0.25) is 5.91 Å². The lowest BCUT2D eigenvalue weighted by atomic mass is 9.81. The number of hydrogen-bond acceptors (Lipinski definition) is 6. The van der Waals surface area contributed by atoms with E-state index in [0.29, 0.717) is 30.0 Å². The number of nitrogens with one attached hydrogen (secondary N) is 2. The molecule has 10 nitrogen and oxygen atoms in total. The van der Waals surface area contributed by atoms with Gasteiger partial charge in [-0.15, -0.1) is 0 Å². The van der Waals surface area contributed by atoms with E-state index in [2.05, 4.69) is 10.6 Å². The maximum Gasteiger partial charge on any atom is 0.270 e. The molecule has 0 aromatic heterocycles. The summed E-state index contributed by atoms with van der Waals surface area (Å²) < 4.78 is 0. The summed E-state index contributed by atoms with van der Waals surface area (Å²) in [6, 6.07) is 10.4. The van der Waals surface area contributed by atoms with Crippen molar-refractivity contribution in [1.29, 1.82) is 0 Å². The van der Waals surface area contributed by atoms with Crippen LogP contribution in [-0.2, 0) is 4.79 Å². The number of benzene rings is 2. The van der Waals surface area contributed by atoms with Gasteiger partial charge < -0.3 is 20.4 Å². The molecule has 2 N–H and O–H groups in total. The zero-order valence-electron chi connectivity index (χ0n) is 20.7. The first-order valence-electron chi connectivity index (χ1n) is 12.9. The van der Waals surface area contributed by atoms with Crippen LogP contribution >= 0.6 is 0 Å². The molecule has 0 bridgehead atoms. The van der Waals surface area contributed by atoms with E-state index in [-0.39, 0.29) is 41.4 Å². The van der Waals surface area contributed by atoms with Crippen LogP contribution in [-0.4, -0.2) is 59.8 Å². The van der Waals surface area contributed by atoms with Crippen molar-refractivity contribution in [2.24, 2.45) is 5.92 Å². The minimum Gasteiger partial charge on any atom is -0.336 e. The molecule has 194 valence electrons. The number of amides is 3. The number of carbonyl (C=O) groups excluding carboxylic acids is 3. The Morgan fingerprint density at radius 1 is 0.946 bits per heavy atom. The third-order valence-corrected chi connectivity index (χ3v) is 7.62. The number of nitro groups is 1. The normalized spacial score (nSPS) is 20.5. The number of piperazine rings is 1. The van der Waals surface area contributed by atoms with Gasteiger partial charge in [-0.1, -0.05) is 25.3 Å². The van der Waals surface area contributed by atoms with Crippen LogP contribution < -0.4 is 15.5 Å². The van der Waals surface area contributed by atoms with E-state index in [1.54, 1.807) is 34.1 Å². The number of hydrogen-bond donors (Lipinski definition) is 2. The van der Waals surface area contributed by atoms with Gasteiger partial charge in [-0.25, -0.2) is 0 Å². The highest BCUT2D eigenvalue weighted by Crippen LogP contribution is 2.40. The maximum absolute atomic E-state index is 14.0. The maximum atomic E-state index is 14.0. The second kappa shape index (κ2) is 10.7. The Hall–Kier alpha value is -3.79. The topological polar surface area (TPSA) is 125 Å². The Labute approximate surface area is 215 Å². The van der Waals surface area contributed by atoms with Gasteiger partial charge in [-0.3, -0.25) is 24.5 Å². The minimum atomic E-state index is -0.523. The molecule has 1 atom stereocenters. The molecule has 1 unspecified atom stereocenters. The van der Waals surface area contributed by atoms with E-state index < -0.39 is 10.8 Å². The van der Waals surface area contributed by atoms with Crippen LogP contribution in [0.3, 0.4) is 0 Å². The second-order valence-corrected chi connectivity index (χ2v) is 9.97. The monoisotopic (exact) mass is 505 g/mol. The number of rotatable bonds is 4. The second-order valence-electron chi connectivity index (χ2n) is 9.97. The van der Waals surface area contributed by atoms with Gasteiger partial charge in [-0.05, 0) is 43.0 Å². The van der Waals surface area contributed by atoms with Crippen LogP contribution in [0.4, 0.5) is 17.1 Å². The molecule has 1 aliphatic carbocycles. The van der Waals surface area contributed by atoms with Crippen molar-refractivity contribution in [3.63, 3.8) is 0 Å². The molecule has 2 aromatic carbocycles. The number of nitrogens with zero attached hydrogens (tertiary/aromatic N) is 3. The highest BCUT2D eigenvalue weighted by Gasteiger charge is 2.38. The molecule has 2 aliphatic heterocycles. The fourth-order valence-corrected chi connectivity index (χ4v) is 5.74. The summed E-state index contributed by atoms with van der Waals surface area (Å²) in [5, 5.41) is 17.5. The van der Waals surface area contributed by atoms with Crippen molar-refractivity contribution in [3.05, 3.63) is 63.7 Å². The number of nitro benzene ring substituents is 1. The zero-order valence-corrected chi connectivity index (χ0v) is 20.7. The van der Waals surface area contributed by atoms with Crippen molar-refractivity contribution in [1.82, 2.24) is 10.2 Å². The highest BCUT2D eigenvalue weighted by atomic mass is 16.6.